The third-order valence-electron chi connectivity index (χ3n) is 3.89. The molecule has 5 nitrogen and oxygen atoms in total. The van der Waals surface area contributed by atoms with Gasteiger partial charge in [0.25, 0.3) is 0 Å². The summed E-state index contributed by atoms with van der Waals surface area (Å²) in [6.07, 6.45) is 6.71. The quantitative estimate of drug-likeness (QED) is 0.928. The van der Waals surface area contributed by atoms with E-state index in [4.69, 9.17) is 4.74 Å². The second kappa shape index (κ2) is 5.63. The molecule has 2 unspecified atom stereocenters. The lowest BCUT2D eigenvalue weighted by Crippen LogP contribution is -2.26. The van der Waals surface area contributed by atoms with Gasteiger partial charge in [-0.25, -0.2) is 9.97 Å². The Hall–Kier alpha value is -1.88. The molecule has 3 rings (SSSR count). The second-order valence-corrected chi connectivity index (χ2v) is 5.31. The van der Waals surface area contributed by atoms with Gasteiger partial charge in [0.05, 0.1) is 18.5 Å². The smallest absolute Gasteiger partial charge is 0.138 e. The SMILES string of the molecule is Cc1nccn1-c1ccc(NC(C)C2CCOC2)cn1. The van der Waals surface area contributed by atoms with Crippen LogP contribution >= 0.6 is 0 Å². The Bertz CT molecular complexity index is 558. The van der Waals surface area contributed by atoms with Gasteiger partial charge in [0.15, 0.2) is 0 Å². The Morgan fingerprint density at radius 2 is 2.30 bits per heavy atom. The summed E-state index contributed by atoms with van der Waals surface area (Å²) >= 11 is 0. The van der Waals surface area contributed by atoms with Crippen LogP contribution in [0.25, 0.3) is 5.82 Å². The van der Waals surface area contributed by atoms with Crippen molar-refractivity contribution in [3.8, 4) is 5.82 Å². The molecule has 0 amide bonds. The van der Waals surface area contributed by atoms with Crippen LogP contribution in [0.4, 0.5) is 5.69 Å². The molecule has 2 aromatic heterocycles. The van der Waals surface area contributed by atoms with E-state index in [0.717, 1.165) is 37.0 Å². The monoisotopic (exact) mass is 272 g/mol. The van der Waals surface area contributed by atoms with Crippen molar-refractivity contribution in [2.75, 3.05) is 18.5 Å². The number of nitrogens with one attached hydrogen (secondary N) is 1. The lowest BCUT2D eigenvalue weighted by molar-refractivity contribution is 0.183. The fraction of sp³-hybridized carbons (Fsp3) is 0.467. The maximum absolute atomic E-state index is 5.43. The predicted octanol–water partition coefficient (Wildman–Crippen LogP) is 2.41. The van der Waals surface area contributed by atoms with Gasteiger partial charge in [0.1, 0.15) is 11.6 Å². The van der Waals surface area contributed by atoms with Gasteiger partial charge in [0, 0.05) is 31.0 Å². The molecule has 20 heavy (non-hydrogen) atoms. The third-order valence-corrected chi connectivity index (χ3v) is 3.89. The van der Waals surface area contributed by atoms with E-state index in [9.17, 15) is 0 Å². The molecule has 106 valence electrons. The molecule has 1 fully saturated rings. The van der Waals surface area contributed by atoms with Crippen LogP contribution in [0.2, 0.25) is 0 Å². The Morgan fingerprint density at radius 3 is 2.90 bits per heavy atom. The highest BCUT2D eigenvalue weighted by molar-refractivity contribution is 5.44. The number of rotatable bonds is 4. The Balaban J connectivity index is 1.68. The zero-order valence-corrected chi connectivity index (χ0v) is 11.9. The zero-order valence-electron chi connectivity index (χ0n) is 11.9. The Kier molecular flexibility index (Phi) is 3.69. The van der Waals surface area contributed by atoms with Crippen molar-refractivity contribution in [2.45, 2.75) is 26.3 Å². The number of nitrogens with zero attached hydrogens (tertiary/aromatic N) is 3. The summed E-state index contributed by atoms with van der Waals surface area (Å²) in [6, 6.07) is 4.48. The van der Waals surface area contributed by atoms with E-state index in [0.29, 0.717) is 12.0 Å². The van der Waals surface area contributed by atoms with Crippen molar-refractivity contribution in [1.82, 2.24) is 14.5 Å². The summed E-state index contributed by atoms with van der Waals surface area (Å²) in [6.45, 7) is 5.91. The molecule has 5 heteroatoms. The average Bonchev–Trinajstić information content (AvgIpc) is 3.11. The molecule has 0 spiro atoms. The first-order valence-corrected chi connectivity index (χ1v) is 7.04. The normalized spacial score (nSPS) is 20.0. The molecule has 1 saturated heterocycles. The first-order valence-electron chi connectivity index (χ1n) is 7.04. The van der Waals surface area contributed by atoms with Crippen molar-refractivity contribution >= 4 is 5.69 Å². The fourth-order valence-electron chi connectivity index (χ4n) is 2.56. The van der Waals surface area contributed by atoms with Gasteiger partial charge in [-0.2, -0.15) is 0 Å². The summed E-state index contributed by atoms with van der Waals surface area (Å²) in [5, 5.41) is 3.50. The number of imidazole rings is 1. The molecule has 0 saturated carbocycles. The van der Waals surface area contributed by atoms with Crippen LogP contribution in [0.1, 0.15) is 19.2 Å². The maximum atomic E-state index is 5.43. The van der Waals surface area contributed by atoms with Crippen LogP contribution in [-0.4, -0.2) is 33.8 Å². The Labute approximate surface area is 119 Å². The van der Waals surface area contributed by atoms with E-state index in [1.165, 1.54) is 0 Å². The second-order valence-electron chi connectivity index (χ2n) is 5.31. The summed E-state index contributed by atoms with van der Waals surface area (Å²) in [5.74, 6) is 2.42. The van der Waals surface area contributed by atoms with Gasteiger partial charge in [-0.3, -0.25) is 4.57 Å². The maximum Gasteiger partial charge on any atom is 0.138 e. The number of hydrogen-bond acceptors (Lipinski definition) is 4. The fourth-order valence-corrected chi connectivity index (χ4v) is 2.56. The summed E-state index contributed by atoms with van der Waals surface area (Å²) in [4.78, 5) is 8.70. The third kappa shape index (κ3) is 2.67. The molecule has 2 aromatic rings. The molecular formula is C15H20N4O. The lowest BCUT2D eigenvalue weighted by atomic mass is 10.0. The minimum Gasteiger partial charge on any atom is -0.381 e. The molecular weight excluding hydrogens is 252 g/mol. The van der Waals surface area contributed by atoms with E-state index in [1.807, 2.05) is 30.0 Å². The summed E-state index contributed by atoms with van der Waals surface area (Å²) in [7, 11) is 0. The van der Waals surface area contributed by atoms with Gasteiger partial charge in [-0.1, -0.05) is 0 Å². The van der Waals surface area contributed by atoms with Gasteiger partial charge >= 0.3 is 0 Å². The van der Waals surface area contributed by atoms with Crippen LogP contribution in [-0.2, 0) is 4.74 Å². The number of aromatic nitrogens is 3. The highest BCUT2D eigenvalue weighted by Crippen LogP contribution is 2.20. The van der Waals surface area contributed by atoms with Gasteiger partial charge in [-0.05, 0) is 32.4 Å². The molecule has 1 aliphatic heterocycles. The summed E-state index contributed by atoms with van der Waals surface area (Å²) < 4.78 is 7.40. The molecule has 2 atom stereocenters. The largest absolute Gasteiger partial charge is 0.381 e. The van der Waals surface area contributed by atoms with E-state index in [2.05, 4.69) is 28.3 Å². The topological polar surface area (TPSA) is 52.0 Å². The average molecular weight is 272 g/mol. The standard InChI is InChI=1S/C15H20N4O/c1-11(13-5-8-20-10-13)18-14-3-4-15(17-9-14)19-7-6-16-12(19)2/h3-4,6-7,9,11,13,18H,5,8,10H2,1-2H3. The number of anilines is 1. The number of hydrogen-bond donors (Lipinski definition) is 1. The Morgan fingerprint density at radius 1 is 1.40 bits per heavy atom. The van der Waals surface area contributed by atoms with Gasteiger partial charge < -0.3 is 10.1 Å². The van der Waals surface area contributed by atoms with Crippen LogP contribution in [0.3, 0.4) is 0 Å². The lowest BCUT2D eigenvalue weighted by Gasteiger charge is -2.20. The predicted molar refractivity (Wildman–Crippen MR) is 78.1 cm³/mol. The van der Waals surface area contributed by atoms with Crippen LogP contribution in [0.5, 0.6) is 0 Å². The first kappa shape index (κ1) is 13.1. The molecule has 3 heterocycles. The van der Waals surface area contributed by atoms with Crippen LogP contribution in [0.15, 0.2) is 30.7 Å². The molecule has 0 aromatic carbocycles. The molecule has 1 aliphatic rings. The highest BCUT2D eigenvalue weighted by atomic mass is 16.5. The van der Waals surface area contributed by atoms with Gasteiger partial charge in [-0.15, -0.1) is 0 Å². The van der Waals surface area contributed by atoms with Crippen molar-refractivity contribution in [2.24, 2.45) is 5.92 Å². The van der Waals surface area contributed by atoms with E-state index in [-0.39, 0.29) is 0 Å². The first-order chi connectivity index (χ1) is 9.74. The number of aryl methyl sites for hydroxylation is 1. The minimum absolute atomic E-state index is 0.403. The van der Waals surface area contributed by atoms with Crippen molar-refractivity contribution < 1.29 is 4.74 Å². The number of pyridine rings is 1. The summed E-state index contributed by atoms with van der Waals surface area (Å²) in [5.41, 5.74) is 1.05. The van der Waals surface area contributed by atoms with Crippen molar-refractivity contribution in [3.63, 3.8) is 0 Å². The minimum atomic E-state index is 0.403. The number of ether oxygens (including phenoxy) is 1. The highest BCUT2D eigenvalue weighted by Gasteiger charge is 2.22. The van der Waals surface area contributed by atoms with E-state index in [1.54, 1.807) is 6.20 Å². The molecule has 0 bridgehead atoms. The van der Waals surface area contributed by atoms with Crippen molar-refractivity contribution in [3.05, 3.63) is 36.5 Å². The molecule has 1 N–H and O–H groups in total. The molecule has 0 aliphatic carbocycles. The van der Waals surface area contributed by atoms with Crippen LogP contribution in [0, 0.1) is 12.8 Å². The van der Waals surface area contributed by atoms with E-state index < -0.39 is 0 Å². The van der Waals surface area contributed by atoms with Crippen molar-refractivity contribution in [1.29, 1.82) is 0 Å². The van der Waals surface area contributed by atoms with E-state index >= 15 is 0 Å². The zero-order chi connectivity index (χ0) is 13.9. The van der Waals surface area contributed by atoms with Gasteiger partial charge in [0.2, 0.25) is 0 Å². The molecule has 0 radical (unpaired) electrons. The van der Waals surface area contributed by atoms with Crippen LogP contribution < -0.4 is 5.32 Å².